The zero-order valence-electron chi connectivity index (χ0n) is 8.93. The van der Waals surface area contributed by atoms with Gasteiger partial charge in [0, 0.05) is 0 Å². The molecule has 1 aromatic carbocycles. The highest BCUT2D eigenvalue weighted by Gasteiger charge is 2.30. The Morgan fingerprint density at radius 3 is 2.69 bits per heavy atom. The van der Waals surface area contributed by atoms with Crippen molar-refractivity contribution in [3.63, 3.8) is 0 Å². The second-order valence-corrected chi connectivity index (χ2v) is 3.96. The van der Waals surface area contributed by atoms with Crippen LogP contribution in [0.4, 0.5) is 4.79 Å². The zero-order valence-corrected chi connectivity index (χ0v) is 8.93. The van der Waals surface area contributed by atoms with Crippen LogP contribution in [-0.2, 0) is 11.3 Å². The van der Waals surface area contributed by atoms with Crippen molar-refractivity contribution in [3.05, 3.63) is 35.9 Å². The maximum Gasteiger partial charge on any atom is 0.407 e. The molecule has 16 heavy (non-hydrogen) atoms. The highest BCUT2D eigenvalue weighted by atomic mass is 16.5. The Labute approximate surface area is 94.2 Å². The topological polar surface area (TPSA) is 58.6 Å². The SMILES string of the molecule is O=C(N[C@H]1CC[C@@H]1O)OCc1ccccc1. The number of benzene rings is 1. The minimum Gasteiger partial charge on any atom is -0.445 e. The van der Waals surface area contributed by atoms with E-state index in [0.717, 1.165) is 18.4 Å². The van der Waals surface area contributed by atoms with E-state index in [4.69, 9.17) is 4.74 Å². The third kappa shape index (κ3) is 2.73. The number of hydrogen-bond acceptors (Lipinski definition) is 3. The van der Waals surface area contributed by atoms with E-state index in [1.165, 1.54) is 0 Å². The number of hydrogen-bond donors (Lipinski definition) is 2. The molecule has 0 spiro atoms. The van der Waals surface area contributed by atoms with Crippen LogP contribution in [0.15, 0.2) is 30.3 Å². The van der Waals surface area contributed by atoms with Gasteiger partial charge in [0.25, 0.3) is 0 Å². The van der Waals surface area contributed by atoms with Crippen LogP contribution in [0.3, 0.4) is 0 Å². The van der Waals surface area contributed by atoms with Gasteiger partial charge in [-0.05, 0) is 18.4 Å². The van der Waals surface area contributed by atoms with Crippen molar-refractivity contribution in [2.75, 3.05) is 0 Å². The Morgan fingerprint density at radius 2 is 2.12 bits per heavy atom. The van der Waals surface area contributed by atoms with Crippen molar-refractivity contribution in [2.24, 2.45) is 0 Å². The highest BCUT2D eigenvalue weighted by molar-refractivity contribution is 5.67. The average Bonchev–Trinajstić information content (AvgIpc) is 2.33. The van der Waals surface area contributed by atoms with E-state index in [0.29, 0.717) is 0 Å². The first-order valence-electron chi connectivity index (χ1n) is 5.41. The van der Waals surface area contributed by atoms with Crippen LogP contribution in [0.2, 0.25) is 0 Å². The number of alkyl carbamates (subject to hydrolysis) is 1. The second kappa shape index (κ2) is 4.99. The number of amides is 1. The highest BCUT2D eigenvalue weighted by Crippen LogP contribution is 2.19. The fraction of sp³-hybridized carbons (Fsp3) is 0.417. The molecule has 1 aliphatic carbocycles. The molecule has 0 saturated heterocycles. The summed E-state index contributed by atoms with van der Waals surface area (Å²) in [6.07, 6.45) is 0.697. The fourth-order valence-corrected chi connectivity index (χ4v) is 1.57. The van der Waals surface area contributed by atoms with Crippen molar-refractivity contribution >= 4 is 6.09 Å². The van der Waals surface area contributed by atoms with Gasteiger partial charge in [-0.25, -0.2) is 4.79 Å². The number of carbonyl (C=O) groups is 1. The lowest BCUT2D eigenvalue weighted by molar-refractivity contribution is 0.0440. The minimum absolute atomic E-state index is 0.136. The molecule has 4 heteroatoms. The van der Waals surface area contributed by atoms with Gasteiger partial charge in [-0.2, -0.15) is 0 Å². The molecule has 0 aliphatic heterocycles. The molecule has 0 aromatic heterocycles. The summed E-state index contributed by atoms with van der Waals surface area (Å²) in [5, 5.41) is 11.9. The van der Waals surface area contributed by atoms with Crippen LogP contribution in [0.5, 0.6) is 0 Å². The number of aliphatic hydroxyl groups excluding tert-OH is 1. The first kappa shape index (κ1) is 11.0. The lowest BCUT2D eigenvalue weighted by Gasteiger charge is -2.32. The van der Waals surface area contributed by atoms with Gasteiger partial charge in [0.2, 0.25) is 0 Å². The molecule has 2 N–H and O–H groups in total. The molecule has 0 bridgehead atoms. The van der Waals surface area contributed by atoms with E-state index in [-0.39, 0.29) is 12.6 Å². The van der Waals surface area contributed by atoms with Crippen molar-refractivity contribution in [3.8, 4) is 0 Å². The number of carbonyl (C=O) groups excluding carboxylic acids is 1. The van der Waals surface area contributed by atoms with Crippen molar-refractivity contribution in [1.29, 1.82) is 0 Å². The predicted molar refractivity (Wildman–Crippen MR) is 58.8 cm³/mol. The molecule has 4 nitrogen and oxygen atoms in total. The van der Waals surface area contributed by atoms with Gasteiger partial charge in [0.1, 0.15) is 6.61 Å². The molecular weight excluding hydrogens is 206 g/mol. The maximum atomic E-state index is 11.3. The molecule has 1 saturated carbocycles. The Morgan fingerprint density at radius 1 is 1.38 bits per heavy atom. The molecule has 2 atom stereocenters. The quantitative estimate of drug-likeness (QED) is 0.811. The summed E-state index contributed by atoms with van der Waals surface area (Å²) in [7, 11) is 0. The van der Waals surface area contributed by atoms with Gasteiger partial charge in [-0.3, -0.25) is 0 Å². The third-order valence-corrected chi connectivity index (χ3v) is 2.75. The first-order chi connectivity index (χ1) is 7.75. The summed E-state index contributed by atoms with van der Waals surface area (Å²) in [6.45, 7) is 0.259. The minimum atomic E-state index is -0.465. The summed E-state index contributed by atoms with van der Waals surface area (Å²) in [6, 6.07) is 9.35. The van der Waals surface area contributed by atoms with Crippen molar-refractivity contribution in [1.82, 2.24) is 5.32 Å². The van der Waals surface area contributed by atoms with Gasteiger partial charge in [-0.15, -0.1) is 0 Å². The van der Waals surface area contributed by atoms with E-state index in [2.05, 4.69) is 5.32 Å². The Balaban J connectivity index is 1.72. The third-order valence-electron chi connectivity index (χ3n) is 2.75. The van der Waals surface area contributed by atoms with E-state index >= 15 is 0 Å². The van der Waals surface area contributed by atoms with Crippen LogP contribution in [0.1, 0.15) is 18.4 Å². The number of aliphatic hydroxyl groups is 1. The molecule has 86 valence electrons. The van der Waals surface area contributed by atoms with Crippen LogP contribution >= 0.6 is 0 Å². The lowest BCUT2D eigenvalue weighted by atomic mass is 9.89. The second-order valence-electron chi connectivity index (χ2n) is 3.96. The maximum absolute atomic E-state index is 11.3. The molecule has 1 aliphatic rings. The van der Waals surface area contributed by atoms with Crippen molar-refractivity contribution < 1.29 is 14.6 Å². The molecule has 1 aromatic rings. The average molecular weight is 221 g/mol. The molecule has 2 rings (SSSR count). The van der Waals surface area contributed by atoms with Gasteiger partial charge in [0.05, 0.1) is 12.1 Å². The van der Waals surface area contributed by atoms with Crippen LogP contribution in [0, 0.1) is 0 Å². The first-order valence-corrected chi connectivity index (χ1v) is 5.41. The molecule has 1 amide bonds. The predicted octanol–water partition coefficient (Wildman–Crippen LogP) is 1.44. The Hall–Kier alpha value is -1.55. The van der Waals surface area contributed by atoms with E-state index < -0.39 is 12.2 Å². The summed E-state index contributed by atoms with van der Waals surface area (Å²) < 4.78 is 5.02. The lowest BCUT2D eigenvalue weighted by Crippen LogP contribution is -2.50. The van der Waals surface area contributed by atoms with Crippen LogP contribution in [-0.4, -0.2) is 23.3 Å². The van der Waals surface area contributed by atoms with Gasteiger partial charge in [-0.1, -0.05) is 30.3 Å². The van der Waals surface area contributed by atoms with Crippen LogP contribution < -0.4 is 5.32 Å². The molecule has 0 radical (unpaired) electrons. The summed E-state index contributed by atoms with van der Waals surface area (Å²) in [5.74, 6) is 0. The van der Waals surface area contributed by atoms with Crippen LogP contribution in [0.25, 0.3) is 0 Å². The normalized spacial score (nSPS) is 23.3. The summed E-state index contributed by atoms with van der Waals surface area (Å²) in [5.41, 5.74) is 0.951. The van der Waals surface area contributed by atoms with Gasteiger partial charge < -0.3 is 15.2 Å². The van der Waals surface area contributed by atoms with Gasteiger partial charge >= 0.3 is 6.09 Å². The largest absolute Gasteiger partial charge is 0.445 e. The number of nitrogens with one attached hydrogen (secondary N) is 1. The Bertz CT molecular complexity index is 353. The fourth-order valence-electron chi connectivity index (χ4n) is 1.57. The van der Waals surface area contributed by atoms with Gasteiger partial charge in [0.15, 0.2) is 0 Å². The van der Waals surface area contributed by atoms with E-state index in [1.54, 1.807) is 0 Å². The number of ether oxygens (including phenoxy) is 1. The smallest absolute Gasteiger partial charge is 0.407 e. The van der Waals surface area contributed by atoms with E-state index in [9.17, 15) is 9.90 Å². The monoisotopic (exact) mass is 221 g/mol. The summed E-state index contributed by atoms with van der Waals surface area (Å²) in [4.78, 5) is 11.3. The molecule has 0 unspecified atom stereocenters. The zero-order chi connectivity index (χ0) is 11.4. The standard InChI is InChI=1S/C12H15NO3/c14-11-7-6-10(11)13-12(15)16-8-9-4-2-1-3-5-9/h1-5,10-11,14H,6-8H2,(H,13,15)/t10-,11-/m0/s1. The number of rotatable bonds is 3. The molecule has 0 heterocycles. The molecular formula is C12H15NO3. The Kier molecular flexibility index (Phi) is 3.41. The van der Waals surface area contributed by atoms with Crippen molar-refractivity contribution in [2.45, 2.75) is 31.6 Å². The molecule has 1 fully saturated rings. The summed E-state index contributed by atoms with van der Waals surface area (Å²) >= 11 is 0. The van der Waals surface area contributed by atoms with E-state index in [1.807, 2.05) is 30.3 Å².